The topological polar surface area (TPSA) is 95.6 Å². The van der Waals surface area contributed by atoms with Gasteiger partial charge in [0.05, 0.1) is 6.54 Å². The van der Waals surface area contributed by atoms with Crippen LogP contribution in [0.4, 0.5) is 4.39 Å². The number of terminal acetylenes is 1. The number of halogens is 1. The van der Waals surface area contributed by atoms with Crippen LogP contribution >= 0.6 is 0 Å². The second kappa shape index (κ2) is 32.5. The molecule has 236 valence electrons. The highest BCUT2D eigenvalue weighted by Gasteiger charge is 2.36. The predicted octanol–water partition coefficient (Wildman–Crippen LogP) is 6.71. The van der Waals surface area contributed by atoms with Gasteiger partial charge < -0.3 is 15.5 Å². The molecule has 1 heterocycles. The first-order chi connectivity index (χ1) is 19.1. The van der Waals surface area contributed by atoms with E-state index in [0.29, 0.717) is 31.7 Å². The second-order valence-corrected chi connectivity index (χ2v) is 8.79. The zero-order chi connectivity index (χ0) is 32.8. The lowest BCUT2D eigenvalue weighted by Crippen LogP contribution is -2.53. The number of hydrogen-bond donors (Lipinski definition) is 2. The van der Waals surface area contributed by atoms with E-state index in [-0.39, 0.29) is 18.4 Å². The fourth-order valence-corrected chi connectivity index (χ4v) is 3.05. The molecule has 0 spiro atoms. The van der Waals surface area contributed by atoms with Crippen molar-refractivity contribution in [2.24, 2.45) is 17.8 Å². The molecule has 7 nitrogen and oxygen atoms in total. The fraction of sp³-hybridized carbons (Fsp3) is 0.750. The highest BCUT2D eigenvalue weighted by Crippen LogP contribution is 2.32. The summed E-state index contributed by atoms with van der Waals surface area (Å²) in [7, 11) is 0. The maximum absolute atomic E-state index is 13.2. The van der Waals surface area contributed by atoms with Crippen LogP contribution in [0.25, 0.3) is 0 Å². The number of nitrogens with one attached hydrogen (secondary N) is 2. The van der Waals surface area contributed by atoms with Gasteiger partial charge in [0.15, 0.2) is 0 Å². The molecule has 1 saturated heterocycles. The van der Waals surface area contributed by atoms with Gasteiger partial charge in [-0.3, -0.25) is 19.2 Å². The van der Waals surface area contributed by atoms with Gasteiger partial charge in [-0.2, -0.15) is 4.39 Å². The fourth-order valence-electron chi connectivity index (χ4n) is 3.05. The van der Waals surface area contributed by atoms with Crippen LogP contribution in [0.15, 0.2) is 12.7 Å². The molecule has 1 unspecified atom stereocenters. The van der Waals surface area contributed by atoms with E-state index in [4.69, 9.17) is 0 Å². The number of rotatable bonds is 9. The highest BCUT2D eigenvalue weighted by molar-refractivity contribution is 5.92. The van der Waals surface area contributed by atoms with E-state index >= 15 is 0 Å². The Kier molecular flexibility index (Phi) is 38.3. The van der Waals surface area contributed by atoms with E-state index in [2.05, 4.69) is 50.8 Å². The van der Waals surface area contributed by atoms with Crippen LogP contribution in [0.3, 0.4) is 0 Å². The van der Waals surface area contributed by atoms with Crippen LogP contribution in [-0.4, -0.2) is 53.8 Å². The number of carbonyl (C=O) groups excluding carboxylic acids is 4. The maximum Gasteiger partial charge on any atom is 0.324 e. The molecule has 1 aliphatic heterocycles. The van der Waals surface area contributed by atoms with Crippen LogP contribution in [-0.2, 0) is 19.2 Å². The zero-order valence-corrected chi connectivity index (χ0v) is 27.7. The molecule has 3 atom stereocenters. The molecule has 0 bridgehead atoms. The normalized spacial score (nSPS) is 15.6. The number of amides is 3. The SMILES string of the molecule is C#C.C=CC(C)[C@@H](NC(=O)[C@@H]1CCCN1C(=O)CNC(=O)CC1CC1)C(=O)F.CC.CC.CC.CC.CC(C)C. The van der Waals surface area contributed by atoms with E-state index in [9.17, 15) is 23.6 Å². The molecule has 1 saturated carbocycles. The van der Waals surface area contributed by atoms with Crippen molar-refractivity contribution in [3.63, 3.8) is 0 Å². The van der Waals surface area contributed by atoms with Crippen molar-refractivity contribution in [3.05, 3.63) is 12.7 Å². The summed E-state index contributed by atoms with van der Waals surface area (Å²) in [4.78, 5) is 49.0. The largest absolute Gasteiger partial charge is 0.347 e. The molecule has 2 fully saturated rings. The van der Waals surface area contributed by atoms with Gasteiger partial charge in [-0.15, -0.1) is 19.4 Å². The second-order valence-electron chi connectivity index (χ2n) is 8.79. The van der Waals surface area contributed by atoms with Crippen molar-refractivity contribution in [1.29, 1.82) is 0 Å². The quantitative estimate of drug-likeness (QED) is 0.183. The lowest BCUT2D eigenvalue weighted by molar-refractivity contribution is -0.141. The highest BCUT2D eigenvalue weighted by atomic mass is 19.1. The molecule has 0 aromatic carbocycles. The number of carbonyl (C=O) groups is 4. The summed E-state index contributed by atoms with van der Waals surface area (Å²) in [5, 5.41) is 4.96. The molecule has 40 heavy (non-hydrogen) atoms. The molecular weight excluding hydrogens is 509 g/mol. The summed E-state index contributed by atoms with van der Waals surface area (Å²) in [6.45, 7) is 27.8. The van der Waals surface area contributed by atoms with Gasteiger partial charge in [-0.1, -0.05) is 89.2 Å². The molecule has 1 aliphatic carbocycles. The van der Waals surface area contributed by atoms with Crippen molar-refractivity contribution >= 4 is 23.8 Å². The van der Waals surface area contributed by atoms with Gasteiger partial charge in [0.1, 0.15) is 12.1 Å². The Labute approximate surface area is 246 Å². The molecule has 2 aliphatic rings. The van der Waals surface area contributed by atoms with Gasteiger partial charge in [-0.05, 0) is 37.5 Å². The Bertz CT molecular complexity index is 674. The summed E-state index contributed by atoms with van der Waals surface area (Å²) in [5.74, 6) is -0.387. The predicted molar refractivity (Wildman–Crippen MR) is 168 cm³/mol. The summed E-state index contributed by atoms with van der Waals surface area (Å²) in [5.41, 5.74) is 0. The monoisotopic (exact) mass is 571 g/mol. The average Bonchev–Trinajstić information content (AvgIpc) is 3.65. The van der Waals surface area contributed by atoms with Crippen LogP contribution in [0, 0.1) is 30.6 Å². The lowest BCUT2D eigenvalue weighted by atomic mass is 10.0. The number of hydrogen-bond acceptors (Lipinski definition) is 4. The third kappa shape index (κ3) is 24.4. The van der Waals surface area contributed by atoms with Crippen LogP contribution < -0.4 is 10.6 Å². The Morgan fingerprint density at radius 2 is 1.38 bits per heavy atom. The standard InChI is InChI=1S/C18H26FN3O4.C4H10.4C2H6.C2H2/c1-3-11(2)16(17(19)25)21-18(26)13-5-4-8-22(13)15(24)10-20-14(23)9-12-6-7-12;1-4(2)3;5*1-2/h3,11-13,16H,1,4-10H2,2H3,(H,20,23)(H,21,26);4H,1-3H3;4*1-2H3;1-2H/t11?,13-,16+;;;;;;/m0....../s1. The molecule has 0 aromatic rings. The van der Waals surface area contributed by atoms with Gasteiger partial charge in [-0.25, -0.2) is 0 Å². The van der Waals surface area contributed by atoms with Gasteiger partial charge in [0.25, 0.3) is 0 Å². The molecule has 0 aromatic heterocycles. The minimum absolute atomic E-state index is 0.163. The molecule has 2 rings (SSSR count). The van der Waals surface area contributed by atoms with Crippen molar-refractivity contribution in [2.75, 3.05) is 13.1 Å². The molecule has 2 N–H and O–H groups in total. The minimum Gasteiger partial charge on any atom is -0.347 e. The summed E-state index contributed by atoms with van der Waals surface area (Å²) >= 11 is 0. The molecule has 3 amide bonds. The van der Waals surface area contributed by atoms with E-state index in [1.54, 1.807) is 6.92 Å². The summed E-state index contributed by atoms with van der Waals surface area (Å²) in [6.07, 6.45) is 13.0. The zero-order valence-electron chi connectivity index (χ0n) is 27.7. The van der Waals surface area contributed by atoms with Gasteiger partial charge in [0, 0.05) is 18.9 Å². The van der Waals surface area contributed by atoms with Gasteiger partial charge in [0.2, 0.25) is 17.7 Å². The van der Waals surface area contributed by atoms with Crippen LogP contribution in [0.5, 0.6) is 0 Å². The first-order valence-electron chi connectivity index (χ1n) is 15.1. The third-order valence-corrected chi connectivity index (χ3v) is 4.92. The Morgan fingerprint density at radius 3 is 1.75 bits per heavy atom. The first kappa shape index (κ1) is 47.1. The minimum atomic E-state index is -1.64. The smallest absolute Gasteiger partial charge is 0.324 e. The van der Waals surface area contributed by atoms with E-state index in [0.717, 1.165) is 18.8 Å². The molecule has 0 radical (unpaired) electrons. The number of likely N-dealkylation sites (tertiary alicyclic amines) is 1. The Morgan fingerprint density at radius 1 is 0.925 bits per heavy atom. The lowest BCUT2D eigenvalue weighted by Gasteiger charge is -2.26. The van der Waals surface area contributed by atoms with Crippen LogP contribution in [0.1, 0.15) is 115 Å². The van der Waals surface area contributed by atoms with Crippen molar-refractivity contribution in [3.8, 4) is 12.8 Å². The molecule has 8 heteroatoms. The van der Waals surface area contributed by atoms with E-state index in [1.165, 1.54) is 11.0 Å². The van der Waals surface area contributed by atoms with Crippen LogP contribution in [0.2, 0.25) is 0 Å². The van der Waals surface area contributed by atoms with Gasteiger partial charge >= 0.3 is 6.04 Å². The summed E-state index contributed by atoms with van der Waals surface area (Å²) in [6, 6.07) is -3.72. The molecular formula is C32H62FN3O4. The van der Waals surface area contributed by atoms with E-state index in [1.807, 2.05) is 55.4 Å². The average molecular weight is 572 g/mol. The van der Waals surface area contributed by atoms with E-state index < -0.39 is 29.9 Å². The van der Waals surface area contributed by atoms with Crippen molar-refractivity contribution in [2.45, 2.75) is 127 Å². The van der Waals surface area contributed by atoms with Crippen molar-refractivity contribution < 1.29 is 23.6 Å². The third-order valence-electron chi connectivity index (χ3n) is 4.92. The maximum atomic E-state index is 13.2. The van der Waals surface area contributed by atoms with Crippen molar-refractivity contribution in [1.82, 2.24) is 15.5 Å². The number of nitrogens with zero attached hydrogens (tertiary/aromatic N) is 1. The first-order valence-corrected chi connectivity index (χ1v) is 15.1. The Balaban J connectivity index is -0.000000250. The Hall–Kier alpha value is -2.69. The summed E-state index contributed by atoms with van der Waals surface area (Å²) < 4.78 is 13.2.